The van der Waals surface area contributed by atoms with Crippen molar-refractivity contribution in [3.05, 3.63) is 6.07 Å². The van der Waals surface area contributed by atoms with Crippen LogP contribution in [0, 0.1) is 0 Å². The van der Waals surface area contributed by atoms with Gasteiger partial charge in [0, 0.05) is 6.07 Å². The summed E-state index contributed by atoms with van der Waals surface area (Å²) in [5, 5.41) is 26.8. The van der Waals surface area contributed by atoms with Crippen molar-refractivity contribution in [3.8, 4) is 17.2 Å². The Balaban J connectivity index is 3.46. The number of phenols is 3. The first-order chi connectivity index (χ1) is 5.04. The van der Waals surface area contributed by atoms with E-state index in [9.17, 15) is 0 Å². The zero-order chi connectivity index (χ0) is 8.59. The Morgan fingerprint density at radius 1 is 1.00 bits per heavy atom. The summed E-state index contributed by atoms with van der Waals surface area (Å²) >= 11 is 0. The van der Waals surface area contributed by atoms with Crippen LogP contribution in [0.15, 0.2) is 6.07 Å². The highest BCUT2D eigenvalue weighted by molar-refractivity contribution is 5.76. The normalized spacial score (nSPS) is 9.82. The number of rotatable bonds is 0. The number of anilines is 2. The highest BCUT2D eigenvalue weighted by Gasteiger charge is 2.11. The fraction of sp³-hybridized carbons (Fsp3) is 0. The highest BCUT2D eigenvalue weighted by atomic mass is 16.3. The minimum absolute atomic E-state index is 0.0715. The zero-order valence-corrected chi connectivity index (χ0v) is 5.57. The van der Waals surface area contributed by atoms with Gasteiger partial charge in [-0.2, -0.15) is 0 Å². The largest absolute Gasteiger partial charge is 0.504 e. The summed E-state index contributed by atoms with van der Waals surface area (Å²) in [5.74, 6) is -1.42. The minimum atomic E-state index is -0.559. The first kappa shape index (κ1) is 7.33. The molecule has 0 bridgehead atoms. The van der Waals surface area contributed by atoms with Gasteiger partial charge < -0.3 is 26.8 Å². The summed E-state index contributed by atoms with van der Waals surface area (Å²) in [6.07, 6.45) is 0. The maximum Gasteiger partial charge on any atom is 0.185 e. The van der Waals surface area contributed by atoms with Crippen molar-refractivity contribution in [1.29, 1.82) is 0 Å². The van der Waals surface area contributed by atoms with E-state index >= 15 is 0 Å². The maximum absolute atomic E-state index is 8.99. The molecule has 5 heteroatoms. The minimum Gasteiger partial charge on any atom is -0.504 e. The van der Waals surface area contributed by atoms with Gasteiger partial charge in [0.1, 0.15) is 5.69 Å². The van der Waals surface area contributed by atoms with Crippen molar-refractivity contribution in [2.24, 2.45) is 0 Å². The number of nitrogens with two attached hydrogens (primary N) is 2. The second-order valence-corrected chi connectivity index (χ2v) is 2.10. The molecule has 1 aromatic carbocycles. The second kappa shape index (κ2) is 2.12. The molecule has 0 amide bonds. The second-order valence-electron chi connectivity index (χ2n) is 2.10. The van der Waals surface area contributed by atoms with E-state index in [2.05, 4.69) is 0 Å². The van der Waals surface area contributed by atoms with Crippen LogP contribution in [0.3, 0.4) is 0 Å². The average molecular weight is 156 g/mol. The lowest BCUT2D eigenvalue weighted by Gasteiger charge is -2.05. The number of hydrogen-bond acceptors (Lipinski definition) is 5. The number of hydrogen-bond donors (Lipinski definition) is 5. The van der Waals surface area contributed by atoms with Crippen LogP contribution in [0.1, 0.15) is 0 Å². The molecule has 7 N–H and O–H groups in total. The Labute approximate surface area is 62.5 Å². The van der Waals surface area contributed by atoms with Crippen molar-refractivity contribution in [2.45, 2.75) is 0 Å². The molecule has 1 aromatic rings. The Hall–Kier alpha value is -1.78. The molecule has 0 aromatic heterocycles. The third-order valence-electron chi connectivity index (χ3n) is 1.32. The Morgan fingerprint density at radius 3 is 2.09 bits per heavy atom. The van der Waals surface area contributed by atoms with E-state index in [-0.39, 0.29) is 11.4 Å². The molecule has 0 spiro atoms. The molecule has 0 radical (unpaired) electrons. The predicted octanol–water partition coefficient (Wildman–Crippen LogP) is -0.0322. The molecular formula is C6H8N2O3. The number of phenolic OH excluding ortho intramolecular Hbond substituents is 3. The fourth-order valence-corrected chi connectivity index (χ4v) is 0.690. The van der Waals surface area contributed by atoms with Gasteiger partial charge in [-0.15, -0.1) is 0 Å². The molecule has 0 aliphatic rings. The SMILES string of the molecule is Nc1cc(O)c(O)c(N)c1O. The van der Waals surface area contributed by atoms with Crippen LogP contribution in [0.5, 0.6) is 17.2 Å². The summed E-state index contributed by atoms with van der Waals surface area (Å²) in [5.41, 5.74) is 9.94. The molecule has 0 aliphatic carbocycles. The van der Waals surface area contributed by atoms with Crippen molar-refractivity contribution in [2.75, 3.05) is 11.5 Å². The molecule has 5 nitrogen and oxygen atoms in total. The van der Waals surface area contributed by atoms with Crippen LogP contribution in [-0.4, -0.2) is 15.3 Å². The van der Waals surface area contributed by atoms with Crippen LogP contribution >= 0.6 is 0 Å². The molecular weight excluding hydrogens is 148 g/mol. The Bertz CT molecular complexity index is 272. The molecule has 60 valence electrons. The summed E-state index contributed by atoms with van der Waals surface area (Å²) in [6.45, 7) is 0. The van der Waals surface area contributed by atoms with Gasteiger partial charge in [-0.3, -0.25) is 0 Å². The summed E-state index contributed by atoms with van der Waals surface area (Å²) in [7, 11) is 0. The molecule has 0 atom stereocenters. The van der Waals surface area contributed by atoms with Crippen molar-refractivity contribution in [1.82, 2.24) is 0 Å². The van der Waals surface area contributed by atoms with Crippen LogP contribution < -0.4 is 11.5 Å². The van der Waals surface area contributed by atoms with Crippen LogP contribution in [0.25, 0.3) is 0 Å². The van der Waals surface area contributed by atoms with Crippen LogP contribution in [0.2, 0.25) is 0 Å². The van der Waals surface area contributed by atoms with Gasteiger partial charge in [-0.25, -0.2) is 0 Å². The quantitative estimate of drug-likeness (QED) is 0.205. The Morgan fingerprint density at radius 2 is 1.55 bits per heavy atom. The van der Waals surface area contributed by atoms with Crippen molar-refractivity contribution >= 4 is 11.4 Å². The molecule has 0 heterocycles. The van der Waals surface area contributed by atoms with Crippen LogP contribution in [-0.2, 0) is 0 Å². The van der Waals surface area contributed by atoms with Crippen LogP contribution in [0.4, 0.5) is 11.4 Å². The first-order valence-electron chi connectivity index (χ1n) is 2.83. The van der Waals surface area contributed by atoms with Gasteiger partial charge in [0.2, 0.25) is 0 Å². The van der Waals surface area contributed by atoms with Crippen molar-refractivity contribution in [3.63, 3.8) is 0 Å². The van der Waals surface area contributed by atoms with E-state index in [1.807, 2.05) is 0 Å². The lowest BCUT2D eigenvalue weighted by atomic mass is 10.2. The van der Waals surface area contributed by atoms with Gasteiger partial charge in [-0.1, -0.05) is 0 Å². The van der Waals surface area contributed by atoms with E-state index in [1.54, 1.807) is 0 Å². The highest BCUT2D eigenvalue weighted by Crippen LogP contribution is 2.41. The summed E-state index contributed by atoms with van der Waals surface area (Å²) in [4.78, 5) is 0. The van der Waals surface area contributed by atoms with E-state index in [0.29, 0.717) is 0 Å². The smallest absolute Gasteiger partial charge is 0.185 e. The number of nitrogen functional groups attached to an aromatic ring is 2. The van der Waals surface area contributed by atoms with Gasteiger partial charge in [0.15, 0.2) is 17.2 Å². The maximum atomic E-state index is 8.99. The zero-order valence-electron chi connectivity index (χ0n) is 5.57. The molecule has 0 unspecified atom stereocenters. The molecule has 0 saturated heterocycles. The van der Waals surface area contributed by atoms with Gasteiger partial charge >= 0.3 is 0 Å². The molecule has 0 saturated carbocycles. The van der Waals surface area contributed by atoms with Gasteiger partial charge in [0.25, 0.3) is 0 Å². The van der Waals surface area contributed by atoms with E-state index in [0.717, 1.165) is 6.07 Å². The first-order valence-corrected chi connectivity index (χ1v) is 2.83. The summed E-state index contributed by atoms with van der Waals surface area (Å²) < 4.78 is 0. The molecule has 11 heavy (non-hydrogen) atoms. The lowest BCUT2D eigenvalue weighted by Crippen LogP contribution is -1.92. The fourth-order valence-electron chi connectivity index (χ4n) is 0.690. The van der Waals surface area contributed by atoms with E-state index in [4.69, 9.17) is 26.8 Å². The van der Waals surface area contributed by atoms with E-state index < -0.39 is 17.2 Å². The standard InChI is InChI=1S/C6H8N2O3/c7-2-1-3(9)6(11)4(8)5(2)10/h1,9-11H,7-8H2. The third-order valence-corrected chi connectivity index (χ3v) is 1.32. The predicted molar refractivity (Wildman–Crippen MR) is 40.3 cm³/mol. The Kier molecular flexibility index (Phi) is 1.41. The molecule has 0 aliphatic heterocycles. The van der Waals surface area contributed by atoms with Gasteiger partial charge in [0.05, 0.1) is 5.69 Å². The average Bonchev–Trinajstić information content (AvgIpc) is 1.97. The number of benzene rings is 1. The topological polar surface area (TPSA) is 113 Å². The monoisotopic (exact) mass is 156 g/mol. The molecule has 1 rings (SSSR count). The van der Waals surface area contributed by atoms with E-state index in [1.165, 1.54) is 0 Å². The molecule has 0 fully saturated rings. The van der Waals surface area contributed by atoms with Gasteiger partial charge in [-0.05, 0) is 0 Å². The lowest BCUT2D eigenvalue weighted by molar-refractivity contribution is 0.400. The third kappa shape index (κ3) is 0.958. The summed E-state index contributed by atoms with van der Waals surface area (Å²) in [6, 6.07) is 1.01. The number of aromatic hydroxyl groups is 3. The van der Waals surface area contributed by atoms with Crippen molar-refractivity contribution < 1.29 is 15.3 Å².